The summed E-state index contributed by atoms with van der Waals surface area (Å²) in [6, 6.07) is 3.72. The Kier molecular flexibility index (Phi) is 4.71. The number of nitrogens with zero attached hydrogens (tertiary/aromatic N) is 1. The zero-order valence-electron chi connectivity index (χ0n) is 12.6. The third-order valence-corrected chi connectivity index (χ3v) is 4.99. The lowest BCUT2D eigenvalue weighted by atomic mass is 10.3. The van der Waals surface area contributed by atoms with Gasteiger partial charge < -0.3 is 10.2 Å². The Hall–Kier alpha value is -1.76. The van der Waals surface area contributed by atoms with Crippen molar-refractivity contribution < 1.29 is 14.2 Å². The molecule has 1 saturated carbocycles. The minimum absolute atomic E-state index is 0.0157. The van der Waals surface area contributed by atoms with Crippen molar-refractivity contribution >= 4 is 52.6 Å². The SMILES string of the molecule is C[C@@H]1C[C@@H]1c1ccc(/C=N\NC(=O)c2[nH+]c(Cl)c(Cl)c(N)c2Cl)o1. The summed E-state index contributed by atoms with van der Waals surface area (Å²) >= 11 is 17.7. The summed E-state index contributed by atoms with van der Waals surface area (Å²) in [6.07, 6.45) is 2.54. The van der Waals surface area contributed by atoms with Crippen LogP contribution in [0.15, 0.2) is 21.7 Å². The number of nitrogens with two attached hydrogens (primary N) is 1. The molecule has 1 aliphatic rings. The van der Waals surface area contributed by atoms with E-state index in [0.717, 1.165) is 12.2 Å². The molecule has 1 aliphatic carbocycles. The molecule has 6 nitrogen and oxygen atoms in total. The van der Waals surface area contributed by atoms with Crippen LogP contribution in [0.1, 0.15) is 41.3 Å². The van der Waals surface area contributed by atoms with E-state index in [1.807, 2.05) is 6.07 Å². The summed E-state index contributed by atoms with van der Waals surface area (Å²) in [5, 5.41) is 3.88. The normalized spacial score (nSPS) is 19.7. The number of pyridine rings is 1. The fraction of sp³-hybridized carbons (Fsp3) is 0.267. The van der Waals surface area contributed by atoms with Crippen LogP contribution in [0.2, 0.25) is 15.2 Å². The molecule has 4 N–H and O–H groups in total. The lowest BCUT2D eigenvalue weighted by molar-refractivity contribution is -0.379. The molecule has 0 saturated heterocycles. The third-order valence-electron chi connectivity index (χ3n) is 3.83. The Labute approximate surface area is 153 Å². The molecule has 2 aromatic rings. The number of furan rings is 1. The minimum atomic E-state index is -0.607. The van der Waals surface area contributed by atoms with Crippen LogP contribution in [0, 0.1) is 5.92 Å². The number of rotatable bonds is 4. The first-order chi connectivity index (χ1) is 11.4. The predicted octanol–water partition coefficient (Wildman–Crippen LogP) is 3.52. The number of amides is 1. The molecular weight excluding hydrogens is 375 g/mol. The largest absolute Gasteiger partial charge is 0.460 e. The third kappa shape index (κ3) is 3.36. The van der Waals surface area contributed by atoms with E-state index in [1.54, 1.807) is 6.07 Å². The number of hydrazone groups is 1. The average Bonchev–Trinajstić information content (AvgIpc) is 3.09. The topological polar surface area (TPSA) is 94.8 Å². The maximum atomic E-state index is 12.1. The Morgan fingerprint density at radius 3 is 2.79 bits per heavy atom. The number of hydrogen-bond acceptors (Lipinski definition) is 4. The van der Waals surface area contributed by atoms with Crippen molar-refractivity contribution in [3.8, 4) is 0 Å². The van der Waals surface area contributed by atoms with Gasteiger partial charge in [-0.2, -0.15) is 10.1 Å². The fourth-order valence-electron chi connectivity index (χ4n) is 2.29. The van der Waals surface area contributed by atoms with Gasteiger partial charge in [0.15, 0.2) is 0 Å². The smallest absolute Gasteiger partial charge is 0.337 e. The van der Waals surface area contributed by atoms with Crippen molar-refractivity contribution in [2.45, 2.75) is 19.3 Å². The number of anilines is 1. The van der Waals surface area contributed by atoms with Gasteiger partial charge in [0, 0.05) is 5.92 Å². The van der Waals surface area contributed by atoms with Crippen molar-refractivity contribution in [1.82, 2.24) is 5.43 Å². The first kappa shape index (κ1) is 17.1. The van der Waals surface area contributed by atoms with Gasteiger partial charge in [-0.25, -0.2) is 5.43 Å². The highest BCUT2D eigenvalue weighted by molar-refractivity contribution is 6.45. The number of carbonyl (C=O) groups is 1. The average molecular weight is 389 g/mol. The fourth-order valence-corrected chi connectivity index (χ4v) is 2.91. The monoisotopic (exact) mass is 387 g/mol. The van der Waals surface area contributed by atoms with E-state index in [0.29, 0.717) is 17.6 Å². The van der Waals surface area contributed by atoms with Gasteiger partial charge >= 0.3 is 5.91 Å². The lowest BCUT2D eigenvalue weighted by Gasteiger charge is -2.02. The molecule has 24 heavy (non-hydrogen) atoms. The number of aromatic nitrogens is 1. The Morgan fingerprint density at radius 1 is 1.42 bits per heavy atom. The first-order valence-corrected chi connectivity index (χ1v) is 8.30. The second kappa shape index (κ2) is 6.63. The van der Waals surface area contributed by atoms with Crippen LogP contribution in [0.3, 0.4) is 0 Å². The highest BCUT2D eigenvalue weighted by Gasteiger charge is 2.36. The second-order valence-corrected chi connectivity index (χ2v) is 6.75. The highest BCUT2D eigenvalue weighted by Crippen LogP contribution is 2.47. The van der Waals surface area contributed by atoms with E-state index < -0.39 is 5.91 Å². The number of nitrogen functional groups attached to an aromatic ring is 1. The first-order valence-electron chi connectivity index (χ1n) is 7.17. The standard InChI is InChI=1S/C15H13Cl3N4O2/c1-6-4-8(6)9-3-2-7(24-9)5-20-22-15(23)13-10(16)12(19)11(17)14(18)21-13/h2-3,5-6,8H,4H2,1H3,(H2,19,21)(H,22,23)/p+1/b20-5-/t6-,8+/m1/s1. The van der Waals surface area contributed by atoms with Crippen LogP contribution in [-0.2, 0) is 0 Å². The molecular formula is C15H14Cl3N4O2+. The summed E-state index contributed by atoms with van der Waals surface area (Å²) < 4.78 is 5.65. The van der Waals surface area contributed by atoms with Crippen molar-refractivity contribution in [2.24, 2.45) is 11.0 Å². The quantitative estimate of drug-likeness (QED) is 0.476. The summed E-state index contributed by atoms with van der Waals surface area (Å²) in [5.41, 5.74) is 7.99. The van der Waals surface area contributed by atoms with E-state index in [2.05, 4.69) is 22.4 Å². The van der Waals surface area contributed by atoms with Crippen molar-refractivity contribution in [3.05, 3.63) is 44.5 Å². The molecule has 1 fully saturated rings. The van der Waals surface area contributed by atoms with E-state index in [-0.39, 0.29) is 26.6 Å². The van der Waals surface area contributed by atoms with E-state index in [9.17, 15) is 4.79 Å². The van der Waals surface area contributed by atoms with Gasteiger partial charge in [-0.3, -0.25) is 4.79 Å². The lowest BCUT2D eigenvalue weighted by Crippen LogP contribution is -2.28. The molecule has 3 rings (SSSR count). The van der Waals surface area contributed by atoms with Gasteiger partial charge in [0.05, 0.1) is 11.9 Å². The predicted molar refractivity (Wildman–Crippen MR) is 92.7 cm³/mol. The van der Waals surface area contributed by atoms with Crippen LogP contribution < -0.4 is 16.1 Å². The number of aromatic amines is 1. The van der Waals surface area contributed by atoms with Crippen LogP contribution in [0.5, 0.6) is 0 Å². The van der Waals surface area contributed by atoms with Crippen molar-refractivity contribution in [3.63, 3.8) is 0 Å². The zero-order chi connectivity index (χ0) is 17.4. The second-order valence-electron chi connectivity index (χ2n) is 5.61. The molecule has 0 bridgehead atoms. The van der Waals surface area contributed by atoms with Crippen molar-refractivity contribution in [1.29, 1.82) is 0 Å². The Balaban J connectivity index is 1.68. The summed E-state index contributed by atoms with van der Waals surface area (Å²) in [4.78, 5) is 14.7. The van der Waals surface area contributed by atoms with Gasteiger partial charge in [0.25, 0.3) is 10.8 Å². The van der Waals surface area contributed by atoms with Gasteiger partial charge in [0.2, 0.25) is 0 Å². The van der Waals surface area contributed by atoms with E-state index in [1.165, 1.54) is 6.21 Å². The van der Waals surface area contributed by atoms with Gasteiger partial charge in [-0.05, 0) is 36.1 Å². The molecule has 2 atom stereocenters. The van der Waals surface area contributed by atoms with Crippen LogP contribution in [0.4, 0.5) is 5.69 Å². The molecule has 2 heterocycles. The molecule has 1 amide bonds. The van der Waals surface area contributed by atoms with Gasteiger partial charge in [-0.1, -0.05) is 30.1 Å². The maximum absolute atomic E-state index is 12.1. The highest BCUT2D eigenvalue weighted by atomic mass is 35.5. The molecule has 0 aromatic carbocycles. The number of hydrogen-bond donors (Lipinski definition) is 2. The summed E-state index contributed by atoms with van der Waals surface area (Å²) in [5.74, 6) is 2.01. The van der Waals surface area contributed by atoms with E-state index in [4.69, 9.17) is 45.0 Å². The van der Waals surface area contributed by atoms with Gasteiger partial charge in [0.1, 0.15) is 21.6 Å². The van der Waals surface area contributed by atoms with Crippen LogP contribution in [0.25, 0.3) is 0 Å². The number of nitrogens with one attached hydrogen (secondary N) is 2. The van der Waals surface area contributed by atoms with E-state index >= 15 is 0 Å². The Morgan fingerprint density at radius 2 is 2.12 bits per heavy atom. The maximum Gasteiger partial charge on any atom is 0.337 e. The van der Waals surface area contributed by atoms with Crippen LogP contribution in [-0.4, -0.2) is 12.1 Å². The van der Waals surface area contributed by atoms with Crippen molar-refractivity contribution in [2.75, 3.05) is 5.73 Å². The zero-order valence-corrected chi connectivity index (χ0v) is 14.8. The molecule has 9 heteroatoms. The number of carbonyl (C=O) groups excluding carboxylic acids is 1. The molecule has 0 unspecified atom stereocenters. The molecule has 2 aromatic heterocycles. The Bertz CT molecular complexity index is 834. The molecule has 126 valence electrons. The molecule has 0 radical (unpaired) electrons. The minimum Gasteiger partial charge on any atom is -0.460 e. The molecule has 0 aliphatic heterocycles. The number of halogens is 3. The molecule has 0 spiro atoms. The van der Waals surface area contributed by atoms with Crippen LogP contribution >= 0.6 is 34.8 Å². The van der Waals surface area contributed by atoms with Gasteiger partial charge in [-0.15, -0.1) is 0 Å². The number of H-pyrrole nitrogens is 1. The summed E-state index contributed by atoms with van der Waals surface area (Å²) in [6.45, 7) is 2.17. The summed E-state index contributed by atoms with van der Waals surface area (Å²) in [7, 11) is 0.